The molecule has 0 fully saturated rings. The zero-order chi connectivity index (χ0) is 14.1. The Labute approximate surface area is 117 Å². The van der Waals surface area contributed by atoms with Gasteiger partial charge in [-0.2, -0.15) is 0 Å². The van der Waals surface area contributed by atoms with Crippen LogP contribution in [-0.2, 0) is 15.3 Å². The number of aliphatic carboxylic acids is 1. The van der Waals surface area contributed by atoms with E-state index in [4.69, 9.17) is 5.11 Å². The third-order valence-corrected chi connectivity index (χ3v) is 3.52. The lowest BCUT2D eigenvalue weighted by Crippen LogP contribution is -2.26. The van der Waals surface area contributed by atoms with Gasteiger partial charge in [0.05, 0.1) is 5.75 Å². The highest BCUT2D eigenvalue weighted by atomic mass is 32.2. The first-order valence-corrected chi connectivity index (χ1v) is 7.35. The van der Waals surface area contributed by atoms with Crippen molar-refractivity contribution >= 4 is 23.6 Å². The molecule has 0 heterocycles. The molecule has 0 aromatic heterocycles. The summed E-state index contributed by atoms with van der Waals surface area (Å²) in [6, 6.07) is 8.24. The van der Waals surface area contributed by atoms with E-state index < -0.39 is 5.97 Å². The summed E-state index contributed by atoms with van der Waals surface area (Å²) in [6.07, 6.45) is 0.570. The normalized spacial score (nSPS) is 10.2. The second kappa shape index (κ2) is 8.58. The number of amides is 1. The van der Waals surface area contributed by atoms with Gasteiger partial charge in [-0.3, -0.25) is 9.59 Å². The van der Waals surface area contributed by atoms with E-state index in [-0.39, 0.29) is 12.3 Å². The van der Waals surface area contributed by atoms with Crippen LogP contribution >= 0.6 is 11.8 Å². The first kappa shape index (κ1) is 15.6. The van der Waals surface area contributed by atoms with Crippen molar-refractivity contribution in [2.75, 3.05) is 12.3 Å². The largest absolute Gasteiger partial charge is 0.481 e. The number of carbonyl (C=O) groups excluding carboxylic acids is 1. The van der Waals surface area contributed by atoms with E-state index in [1.807, 2.05) is 6.92 Å². The van der Waals surface area contributed by atoms with Crippen LogP contribution in [-0.4, -0.2) is 29.3 Å². The molecule has 1 amide bonds. The molecule has 0 radical (unpaired) electrons. The molecule has 1 aromatic carbocycles. The minimum Gasteiger partial charge on any atom is -0.481 e. The number of carboxylic acids is 1. The van der Waals surface area contributed by atoms with Gasteiger partial charge in [0, 0.05) is 18.7 Å². The van der Waals surface area contributed by atoms with Crippen molar-refractivity contribution in [3.05, 3.63) is 35.4 Å². The summed E-state index contributed by atoms with van der Waals surface area (Å²) >= 11 is 1.56. The molecule has 0 saturated heterocycles. The Hall–Kier alpha value is -1.49. The maximum atomic E-state index is 11.5. The van der Waals surface area contributed by atoms with Crippen LogP contribution in [0.3, 0.4) is 0 Å². The van der Waals surface area contributed by atoms with E-state index in [0.29, 0.717) is 18.7 Å². The topological polar surface area (TPSA) is 66.4 Å². The van der Waals surface area contributed by atoms with Crippen molar-refractivity contribution in [1.29, 1.82) is 0 Å². The molecule has 19 heavy (non-hydrogen) atoms. The van der Waals surface area contributed by atoms with Crippen LogP contribution in [0.4, 0.5) is 0 Å². The summed E-state index contributed by atoms with van der Waals surface area (Å²) in [5.41, 5.74) is 2.43. The first-order valence-electron chi connectivity index (χ1n) is 6.19. The quantitative estimate of drug-likeness (QED) is 0.717. The molecule has 0 unspecified atom stereocenters. The number of thioether (sulfide) groups is 1. The van der Waals surface area contributed by atoms with Crippen LogP contribution in [0.5, 0.6) is 0 Å². The van der Waals surface area contributed by atoms with Gasteiger partial charge in [-0.05, 0) is 18.9 Å². The summed E-state index contributed by atoms with van der Waals surface area (Å²) in [5.74, 6) is 0.342. The third kappa shape index (κ3) is 7.51. The molecule has 0 aliphatic rings. The molecule has 104 valence electrons. The maximum Gasteiger partial charge on any atom is 0.303 e. The molecule has 0 bridgehead atoms. The summed E-state index contributed by atoms with van der Waals surface area (Å²) in [5, 5.41) is 11.2. The molecule has 5 heteroatoms. The van der Waals surface area contributed by atoms with Gasteiger partial charge in [0.25, 0.3) is 0 Å². The van der Waals surface area contributed by atoms with E-state index in [1.165, 1.54) is 11.1 Å². The Morgan fingerprint density at radius 2 is 1.95 bits per heavy atom. The average molecular weight is 281 g/mol. The van der Waals surface area contributed by atoms with Gasteiger partial charge >= 0.3 is 5.97 Å². The number of carboxylic acid groups (broad SMARTS) is 1. The molecular weight excluding hydrogens is 262 g/mol. The zero-order valence-corrected chi connectivity index (χ0v) is 11.8. The van der Waals surface area contributed by atoms with Crippen molar-refractivity contribution < 1.29 is 14.7 Å². The van der Waals surface area contributed by atoms with Crippen LogP contribution in [0.2, 0.25) is 0 Å². The molecule has 1 rings (SSSR count). The number of aryl methyl sites for hydroxylation is 1. The first-order chi connectivity index (χ1) is 9.08. The SMILES string of the molecule is Cc1ccc(CSCC(=O)NCCCC(=O)O)cc1. The van der Waals surface area contributed by atoms with Gasteiger partial charge in [0.2, 0.25) is 5.91 Å². The van der Waals surface area contributed by atoms with E-state index >= 15 is 0 Å². The Bertz CT molecular complexity index is 417. The number of benzene rings is 1. The van der Waals surface area contributed by atoms with Gasteiger partial charge in [0.1, 0.15) is 0 Å². The summed E-state index contributed by atoms with van der Waals surface area (Å²) in [4.78, 5) is 21.7. The van der Waals surface area contributed by atoms with Gasteiger partial charge in [-0.1, -0.05) is 29.8 Å². The Balaban J connectivity index is 2.10. The fourth-order valence-corrected chi connectivity index (χ4v) is 2.28. The summed E-state index contributed by atoms with van der Waals surface area (Å²) in [7, 11) is 0. The molecule has 0 aliphatic heterocycles. The van der Waals surface area contributed by atoms with Crippen molar-refractivity contribution in [1.82, 2.24) is 5.32 Å². The smallest absolute Gasteiger partial charge is 0.303 e. The van der Waals surface area contributed by atoms with Crippen molar-refractivity contribution in [2.45, 2.75) is 25.5 Å². The molecule has 0 atom stereocenters. The van der Waals surface area contributed by atoms with Gasteiger partial charge in [-0.15, -0.1) is 11.8 Å². The standard InChI is InChI=1S/C14H19NO3S/c1-11-4-6-12(7-5-11)9-19-10-13(16)15-8-2-3-14(17)18/h4-7H,2-3,8-10H2,1H3,(H,15,16)(H,17,18). The number of nitrogens with one attached hydrogen (secondary N) is 1. The third-order valence-electron chi connectivity index (χ3n) is 2.51. The van der Waals surface area contributed by atoms with E-state index in [0.717, 1.165) is 5.75 Å². The predicted molar refractivity (Wildman–Crippen MR) is 77.2 cm³/mol. The van der Waals surface area contributed by atoms with Crippen molar-refractivity contribution in [3.8, 4) is 0 Å². The van der Waals surface area contributed by atoms with E-state index in [2.05, 4.69) is 29.6 Å². The van der Waals surface area contributed by atoms with E-state index in [1.54, 1.807) is 11.8 Å². The van der Waals surface area contributed by atoms with Crippen LogP contribution < -0.4 is 5.32 Å². The minimum atomic E-state index is -0.831. The highest BCUT2D eigenvalue weighted by Crippen LogP contribution is 2.12. The molecule has 0 spiro atoms. The van der Waals surface area contributed by atoms with Gasteiger partial charge < -0.3 is 10.4 Å². The van der Waals surface area contributed by atoms with Crippen molar-refractivity contribution in [2.24, 2.45) is 0 Å². The van der Waals surface area contributed by atoms with Crippen LogP contribution in [0.25, 0.3) is 0 Å². The fraction of sp³-hybridized carbons (Fsp3) is 0.429. The van der Waals surface area contributed by atoms with Crippen LogP contribution in [0.1, 0.15) is 24.0 Å². The minimum absolute atomic E-state index is 0.0394. The molecule has 0 aliphatic carbocycles. The van der Waals surface area contributed by atoms with Crippen molar-refractivity contribution in [3.63, 3.8) is 0 Å². The monoisotopic (exact) mass is 281 g/mol. The van der Waals surface area contributed by atoms with Crippen LogP contribution in [0, 0.1) is 6.92 Å². The second-order valence-electron chi connectivity index (χ2n) is 4.33. The number of hydrogen-bond acceptors (Lipinski definition) is 3. The van der Waals surface area contributed by atoms with Crippen LogP contribution in [0.15, 0.2) is 24.3 Å². The number of rotatable bonds is 8. The number of hydrogen-bond donors (Lipinski definition) is 2. The summed E-state index contributed by atoms with van der Waals surface area (Å²) in [6.45, 7) is 2.47. The molecule has 4 nitrogen and oxygen atoms in total. The molecule has 0 saturated carbocycles. The fourth-order valence-electron chi connectivity index (χ4n) is 1.46. The zero-order valence-electron chi connectivity index (χ0n) is 11.0. The lowest BCUT2D eigenvalue weighted by atomic mass is 10.2. The highest BCUT2D eigenvalue weighted by Gasteiger charge is 2.02. The Kier molecular flexibility index (Phi) is 7.03. The number of carbonyl (C=O) groups is 2. The maximum absolute atomic E-state index is 11.5. The second-order valence-corrected chi connectivity index (χ2v) is 5.31. The van der Waals surface area contributed by atoms with Gasteiger partial charge in [-0.25, -0.2) is 0 Å². The highest BCUT2D eigenvalue weighted by molar-refractivity contribution is 7.99. The predicted octanol–water partition coefficient (Wildman–Crippen LogP) is 2.21. The average Bonchev–Trinajstić information content (AvgIpc) is 2.37. The Morgan fingerprint density at radius 3 is 2.58 bits per heavy atom. The lowest BCUT2D eigenvalue weighted by Gasteiger charge is -2.04. The summed E-state index contributed by atoms with van der Waals surface area (Å²) < 4.78 is 0. The Morgan fingerprint density at radius 1 is 1.26 bits per heavy atom. The lowest BCUT2D eigenvalue weighted by molar-refractivity contribution is -0.137. The molecule has 1 aromatic rings. The molecule has 2 N–H and O–H groups in total. The van der Waals surface area contributed by atoms with Gasteiger partial charge in [0.15, 0.2) is 0 Å². The molecular formula is C14H19NO3S. The van der Waals surface area contributed by atoms with E-state index in [9.17, 15) is 9.59 Å².